The first kappa shape index (κ1) is 28.7. The molecule has 51 heavy (non-hydrogen) atoms. The molecule has 1 aliphatic rings. The number of benzene rings is 7. The van der Waals surface area contributed by atoms with Gasteiger partial charge in [-0.15, -0.1) is 11.3 Å². The molecule has 0 unspecified atom stereocenters. The number of allylic oxidation sites excluding steroid dienone is 1. The number of nitrogens with zero attached hydrogens (tertiary/aromatic N) is 2. The average Bonchev–Trinajstić information content (AvgIpc) is 3.86. The molecule has 0 saturated carbocycles. The summed E-state index contributed by atoms with van der Waals surface area (Å²) < 4.78 is 7.61. The molecule has 1 aliphatic carbocycles. The molecule has 0 spiro atoms. The number of rotatable bonds is 4. The van der Waals surface area contributed by atoms with Gasteiger partial charge in [0.2, 0.25) is 0 Å². The van der Waals surface area contributed by atoms with E-state index in [-0.39, 0.29) is 0 Å². The van der Waals surface area contributed by atoms with E-state index in [9.17, 15) is 0 Å². The van der Waals surface area contributed by atoms with Crippen LogP contribution in [0, 0.1) is 0 Å². The topological polar surface area (TPSA) is 9.86 Å². The monoisotopic (exact) mass is 668 g/mol. The Kier molecular flexibility index (Phi) is 6.28. The fraction of sp³-hybridized carbons (Fsp3) is 0.0417. The zero-order chi connectivity index (χ0) is 33.5. The van der Waals surface area contributed by atoms with Crippen LogP contribution in [-0.4, -0.2) is 9.13 Å². The van der Waals surface area contributed by atoms with E-state index in [1.165, 1.54) is 92.1 Å². The molecule has 3 aromatic heterocycles. The van der Waals surface area contributed by atoms with Crippen molar-refractivity contribution in [2.45, 2.75) is 12.8 Å². The van der Waals surface area contributed by atoms with Crippen molar-refractivity contribution < 1.29 is 0 Å². The highest BCUT2D eigenvalue weighted by Crippen LogP contribution is 2.41. The summed E-state index contributed by atoms with van der Waals surface area (Å²) in [7, 11) is 0. The maximum absolute atomic E-state index is 2.49. The molecular formula is C48H32N2S. The second-order valence-corrected chi connectivity index (χ2v) is 14.7. The van der Waals surface area contributed by atoms with Crippen molar-refractivity contribution in [3.63, 3.8) is 0 Å². The lowest BCUT2D eigenvalue weighted by Gasteiger charge is -2.14. The van der Waals surface area contributed by atoms with E-state index in [4.69, 9.17) is 0 Å². The summed E-state index contributed by atoms with van der Waals surface area (Å²) in [5.74, 6) is 0. The fourth-order valence-corrected chi connectivity index (χ4v) is 9.75. The Morgan fingerprint density at radius 3 is 2.02 bits per heavy atom. The Hall–Kier alpha value is -6.16. The Morgan fingerprint density at radius 2 is 1.12 bits per heavy atom. The van der Waals surface area contributed by atoms with Crippen LogP contribution in [0.2, 0.25) is 0 Å². The van der Waals surface area contributed by atoms with Crippen LogP contribution in [0.25, 0.3) is 92.6 Å². The Balaban J connectivity index is 1.05. The number of hydrogen-bond donors (Lipinski definition) is 0. The molecule has 2 nitrogen and oxygen atoms in total. The molecule has 7 aromatic carbocycles. The summed E-state index contributed by atoms with van der Waals surface area (Å²) in [6.07, 6.45) is 6.75. The van der Waals surface area contributed by atoms with Gasteiger partial charge in [-0.3, -0.25) is 0 Å². The van der Waals surface area contributed by atoms with E-state index >= 15 is 0 Å². The summed E-state index contributed by atoms with van der Waals surface area (Å²) in [4.78, 5) is 0. The van der Waals surface area contributed by atoms with E-state index in [0.717, 1.165) is 18.5 Å². The number of fused-ring (bicyclic) bond motifs is 9. The van der Waals surface area contributed by atoms with Crippen LogP contribution in [0.4, 0.5) is 0 Å². The highest BCUT2D eigenvalue weighted by Gasteiger charge is 2.20. The van der Waals surface area contributed by atoms with Crippen molar-refractivity contribution in [1.29, 1.82) is 0 Å². The zero-order valence-corrected chi connectivity index (χ0v) is 28.7. The van der Waals surface area contributed by atoms with Gasteiger partial charge in [-0.05, 0) is 89.7 Å². The normalized spacial score (nSPS) is 12.9. The number of thiophene rings is 1. The van der Waals surface area contributed by atoms with E-state index in [1.54, 1.807) is 0 Å². The van der Waals surface area contributed by atoms with E-state index in [2.05, 4.69) is 179 Å². The summed E-state index contributed by atoms with van der Waals surface area (Å²) >= 11 is 1.89. The molecule has 10 aromatic rings. The van der Waals surface area contributed by atoms with Gasteiger partial charge in [-0.2, -0.15) is 0 Å². The summed E-state index contributed by atoms with van der Waals surface area (Å²) in [5.41, 5.74) is 13.8. The number of aromatic nitrogens is 2. The quantitative estimate of drug-likeness (QED) is 0.177. The first-order chi connectivity index (χ1) is 25.3. The van der Waals surface area contributed by atoms with Crippen molar-refractivity contribution >= 4 is 70.3 Å². The number of para-hydroxylation sites is 2. The average molecular weight is 669 g/mol. The maximum Gasteiger partial charge on any atom is 0.0542 e. The molecular weight excluding hydrogens is 637 g/mol. The van der Waals surface area contributed by atoms with Gasteiger partial charge < -0.3 is 9.13 Å². The molecule has 0 N–H and O–H groups in total. The molecule has 3 heteroatoms. The fourth-order valence-electron chi connectivity index (χ4n) is 8.51. The lowest BCUT2D eigenvalue weighted by Crippen LogP contribution is -2.03. The third kappa shape index (κ3) is 4.35. The van der Waals surface area contributed by atoms with Gasteiger partial charge in [0, 0.05) is 59.0 Å². The van der Waals surface area contributed by atoms with Crippen molar-refractivity contribution in [3.8, 4) is 33.6 Å². The molecule has 0 radical (unpaired) electrons. The predicted octanol–water partition coefficient (Wildman–Crippen LogP) is 13.4. The van der Waals surface area contributed by atoms with Crippen LogP contribution in [0.5, 0.6) is 0 Å². The van der Waals surface area contributed by atoms with Crippen LogP contribution < -0.4 is 0 Å². The SMILES string of the molecule is C1=Cc2c(n(-c3ccc4c(c3)c3ccccc3n4-c3cccc(-c4cccc(-c5cccc6c5sc5ccccc56)c4)c3)c3ccccc23)CC1. The second-order valence-electron chi connectivity index (χ2n) is 13.6. The third-order valence-electron chi connectivity index (χ3n) is 10.8. The minimum Gasteiger partial charge on any atom is -0.313 e. The Bertz CT molecular complexity index is 3040. The Morgan fingerprint density at radius 1 is 0.451 bits per heavy atom. The Labute approximate surface area is 299 Å². The minimum atomic E-state index is 1.05. The highest BCUT2D eigenvalue weighted by atomic mass is 32.1. The molecule has 3 heterocycles. The summed E-state index contributed by atoms with van der Waals surface area (Å²) in [6.45, 7) is 0. The van der Waals surface area contributed by atoms with Crippen molar-refractivity contribution in [1.82, 2.24) is 9.13 Å². The van der Waals surface area contributed by atoms with Gasteiger partial charge >= 0.3 is 0 Å². The van der Waals surface area contributed by atoms with Gasteiger partial charge in [0.15, 0.2) is 0 Å². The zero-order valence-electron chi connectivity index (χ0n) is 27.9. The first-order valence-electron chi connectivity index (χ1n) is 17.7. The summed E-state index contributed by atoms with van der Waals surface area (Å²) in [6, 6.07) is 58.2. The maximum atomic E-state index is 2.49. The molecule has 0 atom stereocenters. The van der Waals surface area contributed by atoms with Crippen LogP contribution in [0.1, 0.15) is 17.7 Å². The van der Waals surface area contributed by atoms with Crippen LogP contribution in [-0.2, 0) is 6.42 Å². The molecule has 0 bridgehead atoms. The smallest absolute Gasteiger partial charge is 0.0542 e. The second kappa shape index (κ2) is 11.2. The molecule has 0 saturated heterocycles. The van der Waals surface area contributed by atoms with Crippen LogP contribution >= 0.6 is 11.3 Å². The summed E-state index contributed by atoms with van der Waals surface area (Å²) in [5, 5.41) is 6.53. The van der Waals surface area contributed by atoms with Crippen molar-refractivity contribution in [2.24, 2.45) is 0 Å². The minimum absolute atomic E-state index is 1.05. The van der Waals surface area contributed by atoms with Gasteiger partial charge in [-0.25, -0.2) is 0 Å². The lowest BCUT2D eigenvalue weighted by molar-refractivity contribution is 0.889. The van der Waals surface area contributed by atoms with Crippen LogP contribution in [0.3, 0.4) is 0 Å². The highest BCUT2D eigenvalue weighted by molar-refractivity contribution is 7.26. The predicted molar refractivity (Wildman–Crippen MR) is 219 cm³/mol. The molecule has 0 fully saturated rings. The van der Waals surface area contributed by atoms with Gasteiger partial charge in [0.25, 0.3) is 0 Å². The largest absolute Gasteiger partial charge is 0.313 e. The first-order valence-corrected chi connectivity index (χ1v) is 18.6. The van der Waals surface area contributed by atoms with Gasteiger partial charge in [-0.1, -0.05) is 115 Å². The van der Waals surface area contributed by atoms with E-state index in [0.29, 0.717) is 0 Å². The van der Waals surface area contributed by atoms with Crippen LogP contribution in [0.15, 0.2) is 164 Å². The van der Waals surface area contributed by atoms with E-state index in [1.807, 2.05) is 11.3 Å². The number of hydrogen-bond acceptors (Lipinski definition) is 1. The van der Waals surface area contributed by atoms with Gasteiger partial charge in [0.05, 0.1) is 16.6 Å². The van der Waals surface area contributed by atoms with E-state index < -0.39 is 0 Å². The van der Waals surface area contributed by atoms with Crippen molar-refractivity contribution in [3.05, 3.63) is 175 Å². The van der Waals surface area contributed by atoms with Gasteiger partial charge in [0.1, 0.15) is 0 Å². The lowest BCUT2D eigenvalue weighted by atomic mass is 9.97. The standard InChI is InChI=1S/C48H32N2S/c1-5-22-43-37(16-1)38-17-2-6-23-44(38)50(43)35-26-27-46-42(30-35)39-18-3-7-24-45(39)49(46)34-15-10-13-32(29-34)31-12-9-14-33(28-31)36-20-11-21-41-40-19-4-8-25-47(40)51-48(36)41/h1-5,7-22,24-30H,6,23H2. The third-order valence-corrected chi connectivity index (χ3v) is 12.0. The molecule has 0 aliphatic heterocycles. The molecule has 11 rings (SSSR count). The van der Waals surface area contributed by atoms with Crippen molar-refractivity contribution in [2.75, 3.05) is 0 Å². The molecule has 0 amide bonds. The molecule has 240 valence electrons.